The first-order valence-corrected chi connectivity index (χ1v) is 11.2. The van der Waals surface area contributed by atoms with E-state index in [4.69, 9.17) is 0 Å². The minimum absolute atomic E-state index is 0.331. The van der Waals surface area contributed by atoms with Crippen LogP contribution < -0.4 is 10.6 Å². The van der Waals surface area contributed by atoms with Gasteiger partial charge in [0.25, 0.3) is 0 Å². The summed E-state index contributed by atoms with van der Waals surface area (Å²) in [5.74, 6) is 1.11. The third-order valence-corrected chi connectivity index (χ3v) is 6.38. The molecule has 2 bridgehead atoms. The lowest BCUT2D eigenvalue weighted by molar-refractivity contribution is 0.475. The molecule has 1 saturated heterocycles. The molecule has 4 rings (SSSR count). The number of nitrogens with one attached hydrogen (secondary N) is 2. The number of benzene rings is 2. The summed E-state index contributed by atoms with van der Waals surface area (Å²) in [5.41, 5.74) is 6.59. The van der Waals surface area contributed by atoms with Crippen LogP contribution in [0, 0.1) is 5.92 Å². The van der Waals surface area contributed by atoms with Crippen molar-refractivity contribution in [1.82, 2.24) is 5.32 Å². The molecule has 28 heavy (non-hydrogen) atoms. The lowest BCUT2D eigenvalue weighted by Gasteiger charge is -2.18. The fourth-order valence-corrected chi connectivity index (χ4v) is 4.73. The van der Waals surface area contributed by atoms with E-state index in [2.05, 4.69) is 34.9 Å². The molecule has 0 saturated carbocycles. The maximum atomic E-state index is 9.99. The number of hydrogen-bond acceptors (Lipinski definition) is 3. The quantitative estimate of drug-likeness (QED) is 0.645. The lowest BCUT2D eigenvalue weighted by Crippen LogP contribution is -2.12. The summed E-state index contributed by atoms with van der Waals surface area (Å²) in [7, 11) is 0. The standard InChI is InChI=1S/C25H34N2O/c28-23-10-11-24-22-9-8-21(15-19-12-14-26-18-19)20(16-22)7-5-3-1-2-4-6-13-27-25(24)17-23/h8-11,16-17,19,26-28H,1-7,12-15,18H2. The lowest BCUT2D eigenvalue weighted by atomic mass is 9.89. The molecular formula is C25H34N2O. The summed E-state index contributed by atoms with van der Waals surface area (Å²) >= 11 is 0. The van der Waals surface area contributed by atoms with E-state index in [1.54, 1.807) is 6.07 Å². The van der Waals surface area contributed by atoms with E-state index in [9.17, 15) is 5.11 Å². The van der Waals surface area contributed by atoms with Crippen molar-refractivity contribution in [2.75, 3.05) is 25.0 Å². The Morgan fingerprint density at radius 1 is 0.893 bits per heavy atom. The number of phenols is 1. The molecular weight excluding hydrogens is 344 g/mol. The number of rotatable bonds is 2. The molecule has 2 aromatic carbocycles. The normalized spacial score (nSPS) is 20.8. The molecule has 3 heteroatoms. The third kappa shape index (κ3) is 4.88. The van der Waals surface area contributed by atoms with Crippen molar-refractivity contribution in [3.05, 3.63) is 47.5 Å². The average molecular weight is 379 g/mol. The van der Waals surface area contributed by atoms with Crippen LogP contribution in [-0.4, -0.2) is 24.7 Å². The zero-order valence-corrected chi connectivity index (χ0v) is 17.0. The van der Waals surface area contributed by atoms with Crippen LogP contribution >= 0.6 is 0 Å². The molecule has 3 nitrogen and oxygen atoms in total. The van der Waals surface area contributed by atoms with Gasteiger partial charge in [0.15, 0.2) is 0 Å². The Bertz CT molecular complexity index is 780. The number of aromatic hydroxyl groups is 1. The highest BCUT2D eigenvalue weighted by atomic mass is 16.3. The minimum atomic E-state index is 0.331. The van der Waals surface area contributed by atoms with Crippen LogP contribution in [0.3, 0.4) is 0 Å². The molecule has 0 aromatic heterocycles. The Hall–Kier alpha value is -2.00. The van der Waals surface area contributed by atoms with Crippen molar-refractivity contribution in [1.29, 1.82) is 0 Å². The van der Waals surface area contributed by atoms with Gasteiger partial charge < -0.3 is 15.7 Å². The molecule has 2 heterocycles. The number of fused-ring (bicyclic) bond motifs is 4. The van der Waals surface area contributed by atoms with Crippen LogP contribution in [-0.2, 0) is 12.8 Å². The summed E-state index contributed by atoms with van der Waals surface area (Å²) in [6.45, 7) is 3.30. The largest absolute Gasteiger partial charge is 0.508 e. The van der Waals surface area contributed by atoms with Gasteiger partial charge in [-0.25, -0.2) is 0 Å². The van der Waals surface area contributed by atoms with Gasteiger partial charge in [-0.05, 0) is 79.9 Å². The number of hydrogen-bond donors (Lipinski definition) is 3. The Labute approximate surface area is 169 Å². The fraction of sp³-hybridized carbons (Fsp3) is 0.520. The first-order chi connectivity index (χ1) is 13.8. The van der Waals surface area contributed by atoms with E-state index in [0.717, 1.165) is 24.7 Å². The van der Waals surface area contributed by atoms with E-state index in [1.165, 1.54) is 86.6 Å². The second-order valence-corrected chi connectivity index (χ2v) is 8.57. The predicted molar refractivity (Wildman–Crippen MR) is 118 cm³/mol. The molecule has 2 aliphatic heterocycles. The highest BCUT2D eigenvalue weighted by molar-refractivity contribution is 5.79. The first-order valence-electron chi connectivity index (χ1n) is 11.2. The Kier molecular flexibility index (Phi) is 6.53. The van der Waals surface area contributed by atoms with Gasteiger partial charge in [0.05, 0.1) is 0 Å². The zero-order valence-electron chi connectivity index (χ0n) is 17.0. The van der Waals surface area contributed by atoms with Crippen LogP contribution in [0.15, 0.2) is 36.4 Å². The van der Waals surface area contributed by atoms with Crippen LogP contribution in [0.2, 0.25) is 0 Å². The Morgan fingerprint density at radius 2 is 1.75 bits per heavy atom. The molecule has 1 unspecified atom stereocenters. The van der Waals surface area contributed by atoms with Crippen molar-refractivity contribution >= 4 is 5.69 Å². The van der Waals surface area contributed by atoms with Gasteiger partial charge in [-0.1, -0.05) is 43.9 Å². The molecule has 0 amide bonds. The summed E-state index contributed by atoms with van der Waals surface area (Å²) in [6, 6.07) is 12.8. The number of anilines is 1. The van der Waals surface area contributed by atoms with Crippen LogP contribution in [0.1, 0.15) is 56.1 Å². The van der Waals surface area contributed by atoms with E-state index >= 15 is 0 Å². The molecule has 1 atom stereocenters. The third-order valence-electron chi connectivity index (χ3n) is 6.38. The second kappa shape index (κ2) is 9.47. The maximum absolute atomic E-state index is 9.99. The van der Waals surface area contributed by atoms with Gasteiger partial charge in [0.2, 0.25) is 0 Å². The predicted octanol–water partition coefficient (Wildman–Crippen LogP) is 5.52. The van der Waals surface area contributed by atoms with Gasteiger partial charge in [-0.2, -0.15) is 0 Å². The van der Waals surface area contributed by atoms with Gasteiger partial charge in [-0.3, -0.25) is 0 Å². The van der Waals surface area contributed by atoms with Crippen LogP contribution in [0.4, 0.5) is 5.69 Å². The van der Waals surface area contributed by atoms with E-state index in [0.29, 0.717) is 5.75 Å². The van der Waals surface area contributed by atoms with Crippen molar-refractivity contribution < 1.29 is 5.11 Å². The van der Waals surface area contributed by atoms with Gasteiger partial charge in [0, 0.05) is 23.9 Å². The van der Waals surface area contributed by atoms with Crippen molar-refractivity contribution in [3.63, 3.8) is 0 Å². The van der Waals surface area contributed by atoms with Crippen molar-refractivity contribution in [3.8, 4) is 16.9 Å². The topological polar surface area (TPSA) is 44.3 Å². The maximum Gasteiger partial charge on any atom is 0.117 e. The summed E-state index contributed by atoms with van der Waals surface area (Å²) < 4.78 is 0. The molecule has 0 aliphatic carbocycles. The Balaban J connectivity index is 1.66. The van der Waals surface area contributed by atoms with E-state index in [1.807, 2.05) is 6.07 Å². The van der Waals surface area contributed by atoms with E-state index in [-0.39, 0.29) is 0 Å². The minimum Gasteiger partial charge on any atom is -0.508 e. The molecule has 0 radical (unpaired) electrons. The van der Waals surface area contributed by atoms with E-state index < -0.39 is 0 Å². The van der Waals surface area contributed by atoms with Gasteiger partial charge in [-0.15, -0.1) is 0 Å². The average Bonchev–Trinajstić information content (AvgIpc) is 3.20. The number of phenolic OH excluding ortho intramolecular Hbond substituents is 1. The molecule has 0 spiro atoms. The van der Waals surface area contributed by atoms with Crippen LogP contribution in [0.5, 0.6) is 5.75 Å². The smallest absolute Gasteiger partial charge is 0.117 e. The summed E-state index contributed by atoms with van der Waals surface area (Å²) in [5, 5.41) is 17.1. The molecule has 1 fully saturated rings. The highest BCUT2D eigenvalue weighted by Gasteiger charge is 2.17. The zero-order chi connectivity index (χ0) is 19.2. The highest BCUT2D eigenvalue weighted by Crippen LogP contribution is 2.34. The first kappa shape index (κ1) is 19.3. The molecule has 2 aliphatic rings. The van der Waals surface area contributed by atoms with Crippen molar-refractivity contribution in [2.24, 2.45) is 5.92 Å². The van der Waals surface area contributed by atoms with Gasteiger partial charge >= 0.3 is 0 Å². The molecule has 150 valence electrons. The summed E-state index contributed by atoms with van der Waals surface area (Å²) in [4.78, 5) is 0. The fourth-order valence-electron chi connectivity index (χ4n) is 4.73. The molecule has 2 aromatic rings. The second-order valence-electron chi connectivity index (χ2n) is 8.57. The number of aryl methyl sites for hydroxylation is 1. The monoisotopic (exact) mass is 378 g/mol. The Morgan fingerprint density at radius 3 is 2.61 bits per heavy atom. The molecule has 3 N–H and O–H groups in total. The van der Waals surface area contributed by atoms with Crippen LogP contribution in [0.25, 0.3) is 11.1 Å². The van der Waals surface area contributed by atoms with Crippen molar-refractivity contribution in [2.45, 2.75) is 57.8 Å². The van der Waals surface area contributed by atoms with Gasteiger partial charge in [0.1, 0.15) is 5.75 Å². The summed E-state index contributed by atoms with van der Waals surface area (Å²) in [6.07, 6.45) is 11.5. The SMILES string of the molecule is Oc1ccc2c(c1)NCCCCCCCCc1cc-2ccc1CC1CCNC1.